The first-order chi connectivity index (χ1) is 8.70. The quantitative estimate of drug-likeness (QED) is 0.498. The molecule has 1 rings (SSSR count). The molecule has 0 unspecified atom stereocenters. The van der Waals surface area contributed by atoms with E-state index in [9.17, 15) is 0 Å². The van der Waals surface area contributed by atoms with Crippen molar-refractivity contribution in [2.45, 2.75) is 39.6 Å². The van der Waals surface area contributed by atoms with Crippen LogP contribution in [0, 0.1) is 0 Å². The zero-order chi connectivity index (χ0) is 13.3. The molecular weight excluding hydrogens is 228 g/mol. The fourth-order valence-electron chi connectivity index (χ4n) is 1.82. The van der Waals surface area contributed by atoms with Gasteiger partial charge < -0.3 is 14.2 Å². The number of hydrogen-bond donors (Lipinski definition) is 0. The van der Waals surface area contributed by atoms with E-state index in [1.807, 2.05) is 39.0 Å². The second-order valence-electron chi connectivity index (χ2n) is 4.29. The van der Waals surface area contributed by atoms with Crippen LogP contribution in [0.2, 0.25) is 0 Å². The van der Waals surface area contributed by atoms with Crippen molar-refractivity contribution in [3.05, 3.63) is 35.9 Å². The maximum absolute atomic E-state index is 5.65. The Morgan fingerprint density at radius 1 is 1.00 bits per heavy atom. The maximum Gasteiger partial charge on any atom is 0.167 e. The molecule has 1 aromatic rings. The molecule has 0 spiro atoms. The lowest BCUT2D eigenvalue weighted by Crippen LogP contribution is -2.34. The standard InChI is InChI=1S/C15H24O3/c1-4-17-15(3,18-5-2)11-12-16-13-14-9-7-6-8-10-14/h6-10H,4-5,11-13H2,1-3H3. The highest BCUT2D eigenvalue weighted by Gasteiger charge is 2.24. The highest BCUT2D eigenvalue weighted by molar-refractivity contribution is 5.13. The van der Waals surface area contributed by atoms with Crippen molar-refractivity contribution in [1.82, 2.24) is 0 Å². The van der Waals surface area contributed by atoms with Gasteiger partial charge in [0.25, 0.3) is 0 Å². The van der Waals surface area contributed by atoms with Crippen molar-refractivity contribution in [2.75, 3.05) is 19.8 Å². The van der Waals surface area contributed by atoms with Crippen LogP contribution in [-0.4, -0.2) is 25.6 Å². The van der Waals surface area contributed by atoms with Crippen LogP contribution in [0.25, 0.3) is 0 Å². The second-order valence-corrected chi connectivity index (χ2v) is 4.29. The molecule has 18 heavy (non-hydrogen) atoms. The second kappa shape index (κ2) is 8.25. The molecule has 102 valence electrons. The summed E-state index contributed by atoms with van der Waals surface area (Å²) in [4.78, 5) is 0. The van der Waals surface area contributed by atoms with Gasteiger partial charge in [-0.3, -0.25) is 0 Å². The Hall–Kier alpha value is -0.900. The molecule has 0 N–H and O–H groups in total. The van der Waals surface area contributed by atoms with E-state index in [1.54, 1.807) is 0 Å². The summed E-state index contributed by atoms with van der Waals surface area (Å²) in [5.74, 6) is -0.528. The maximum atomic E-state index is 5.65. The molecule has 0 amide bonds. The van der Waals surface area contributed by atoms with E-state index < -0.39 is 5.79 Å². The van der Waals surface area contributed by atoms with Gasteiger partial charge in [-0.15, -0.1) is 0 Å². The Bertz CT molecular complexity index is 305. The average molecular weight is 252 g/mol. The molecule has 0 bridgehead atoms. The van der Waals surface area contributed by atoms with Crippen molar-refractivity contribution in [3.63, 3.8) is 0 Å². The van der Waals surface area contributed by atoms with Crippen LogP contribution in [-0.2, 0) is 20.8 Å². The first-order valence-electron chi connectivity index (χ1n) is 6.59. The summed E-state index contributed by atoms with van der Waals surface area (Å²) in [6, 6.07) is 10.2. The first-order valence-corrected chi connectivity index (χ1v) is 6.59. The monoisotopic (exact) mass is 252 g/mol. The predicted octanol–water partition coefficient (Wildman–Crippen LogP) is 3.38. The SMILES string of the molecule is CCOC(C)(CCOCc1ccccc1)OCC. The fourth-order valence-corrected chi connectivity index (χ4v) is 1.82. The molecule has 0 atom stereocenters. The minimum Gasteiger partial charge on any atom is -0.377 e. The van der Waals surface area contributed by atoms with E-state index in [2.05, 4.69) is 12.1 Å². The fraction of sp³-hybridized carbons (Fsp3) is 0.600. The van der Waals surface area contributed by atoms with Crippen molar-refractivity contribution in [2.24, 2.45) is 0 Å². The summed E-state index contributed by atoms with van der Waals surface area (Å²) < 4.78 is 16.9. The lowest BCUT2D eigenvalue weighted by atomic mass is 10.2. The third-order valence-corrected chi connectivity index (χ3v) is 2.71. The van der Waals surface area contributed by atoms with Crippen LogP contribution >= 0.6 is 0 Å². The number of benzene rings is 1. The molecular formula is C15H24O3. The average Bonchev–Trinajstić information content (AvgIpc) is 2.37. The lowest BCUT2D eigenvalue weighted by Gasteiger charge is -2.29. The highest BCUT2D eigenvalue weighted by Crippen LogP contribution is 2.17. The van der Waals surface area contributed by atoms with Gasteiger partial charge in [0.05, 0.1) is 13.2 Å². The summed E-state index contributed by atoms with van der Waals surface area (Å²) >= 11 is 0. The van der Waals surface area contributed by atoms with Gasteiger partial charge in [-0.25, -0.2) is 0 Å². The molecule has 3 nitrogen and oxygen atoms in total. The van der Waals surface area contributed by atoms with E-state index in [4.69, 9.17) is 14.2 Å². The minimum absolute atomic E-state index is 0.528. The van der Waals surface area contributed by atoms with Crippen molar-refractivity contribution in [1.29, 1.82) is 0 Å². The molecule has 0 saturated carbocycles. The Morgan fingerprint density at radius 3 is 2.17 bits per heavy atom. The predicted molar refractivity (Wildman–Crippen MR) is 72.4 cm³/mol. The third-order valence-electron chi connectivity index (χ3n) is 2.71. The number of hydrogen-bond acceptors (Lipinski definition) is 3. The molecule has 3 heteroatoms. The Morgan fingerprint density at radius 2 is 1.61 bits per heavy atom. The van der Waals surface area contributed by atoms with Crippen LogP contribution in [0.3, 0.4) is 0 Å². The van der Waals surface area contributed by atoms with Gasteiger partial charge in [0.2, 0.25) is 0 Å². The topological polar surface area (TPSA) is 27.7 Å². The smallest absolute Gasteiger partial charge is 0.167 e. The molecule has 0 heterocycles. The van der Waals surface area contributed by atoms with Crippen LogP contribution in [0.4, 0.5) is 0 Å². The van der Waals surface area contributed by atoms with E-state index in [1.165, 1.54) is 5.56 Å². The molecule has 1 aromatic carbocycles. The van der Waals surface area contributed by atoms with Gasteiger partial charge in [-0.2, -0.15) is 0 Å². The van der Waals surface area contributed by atoms with Crippen LogP contribution in [0.5, 0.6) is 0 Å². The molecule has 0 aliphatic rings. The third kappa shape index (κ3) is 5.63. The van der Waals surface area contributed by atoms with E-state index in [-0.39, 0.29) is 0 Å². The Kier molecular flexibility index (Phi) is 6.94. The Balaban J connectivity index is 2.26. The number of ether oxygens (including phenoxy) is 3. The summed E-state index contributed by atoms with van der Waals surface area (Å²) in [6.07, 6.45) is 0.738. The van der Waals surface area contributed by atoms with Gasteiger partial charge in [-0.05, 0) is 26.3 Å². The highest BCUT2D eigenvalue weighted by atomic mass is 16.7. The Labute approximate surface area is 110 Å². The van der Waals surface area contributed by atoms with E-state index in [0.717, 1.165) is 6.42 Å². The van der Waals surface area contributed by atoms with Gasteiger partial charge in [0.15, 0.2) is 5.79 Å². The summed E-state index contributed by atoms with van der Waals surface area (Å²) in [7, 11) is 0. The van der Waals surface area contributed by atoms with Gasteiger partial charge in [-0.1, -0.05) is 30.3 Å². The van der Waals surface area contributed by atoms with Gasteiger partial charge >= 0.3 is 0 Å². The summed E-state index contributed by atoms with van der Waals surface area (Å²) in [5, 5.41) is 0. The van der Waals surface area contributed by atoms with Crippen molar-refractivity contribution >= 4 is 0 Å². The van der Waals surface area contributed by atoms with Gasteiger partial charge in [0, 0.05) is 19.6 Å². The lowest BCUT2D eigenvalue weighted by molar-refractivity contribution is -0.229. The largest absolute Gasteiger partial charge is 0.377 e. The summed E-state index contributed by atoms with van der Waals surface area (Å²) in [5.41, 5.74) is 1.19. The minimum atomic E-state index is -0.528. The zero-order valence-electron chi connectivity index (χ0n) is 11.6. The molecule has 0 radical (unpaired) electrons. The summed E-state index contributed by atoms with van der Waals surface area (Å²) in [6.45, 7) is 8.47. The van der Waals surface area contributed by atoms with E-state index in [0.29, 0.717) is 26.4 Å². The van der Waals surface area contributed by atoms with Crippen LogP contribution in [0.15, 0.2) is 30.3 Å². The number of rotatable bonds is 9. The molecule has 0 aliphatic heterocycles. The molecule has 0 aliphatic carbocycles. The van der Waals surface area contributed by atoms with Crippen molar-refractivity contribution < 1.29 is 14.2 Å². The van der Waals surface area contributed by atoms with E-state index >= 15 is 0 Å². The first kappa shape index (κ1) is 15.2. The normalized spacial score (nSPS) is 11.7. The van der Waals surface area contributed by atoms with Crippen LogP contribution < -0.4 is 0 Å². The van der Waals surface area contributed by atoms with Gasteiger partial charge in [0.1, 0.15) is 0 Å². The molecule has 0 saturated heterocycles. The molecule has 0 fully saturated rings. The zero-order valence-corrected chi connectivity index (χ0v) is 11.6. The van der Waals surface area contributed by atoms with Crippen molar-refractivity contribution in [3.8, 4) is 0 Å². The van der Waals surface area contributed by atoms with Crippen LogP contribution in [0.1, 0.15) is 32.8 Å². The molecule has 0 aromatic heterocycles.